The molecule has 1 rings (SSSR count). The molecule has 0 radical (unpaired) electrons. The van der Waals surface area contributed by atoms with Gasteiger partial charge in [0, 0.05) is 3.58 Å². The Bertz CT molecular complexity index is 272. The molecule has 0 saturated carbocycles. The summed E-state index contributed by atoms with van der Waals surface area (Å²) in [7, 11) is 0. The highest BCUT2D eigenvalue weighted by molar-refractivity contribution is 14.1. The van der Waals surface area contributed by atoms with Crippen LogP contribution in [0.2, 0.25) is 0 Å². The summed E-state index contributed by atoms with van der Waals surface area (Å²) in [5.74, 6) is 0. The van der Waals surface area contributed by atoms with E-state index in [1.165, 1.54) is 0 Å². The monoisotopic (exact) mass is 256 g/mol. The van der Waals surface area contributed by atoms with Gasteiger partial charge < -0.3 is 0 Å². The molecule has 0 aliphatic rings. The molecule has 0 aliphatic heterocycles. The van der Waals surface area contributed by atoms with Crippen LogP contribution in [-0.4, -0.2) is 0 Å². The maximum atomic E-state index is 3.92. The van der Waals surface area contributed by atoms with Crippen LogP contribution < -0.4 is 0 Å². The fourth-order valence-electron chi connectivity index (χ4n) is 0.796. The second-order valence-corrected chi connectivity index (χ2v) is 3.55. The third kappa shape index (κ3) is 2.19. The first-order valence-electron chi connectivity index (χ1n) is 3.31. The van der Waals surface area contributed by atoms with Crippen LogP contribution in [0.15, 0.2) is 47.1 Å². The van der Waals surface area contributed by atoms with E-state index in [0.29, 0.717) is 0 Å². The van der Waals surface area contributed by atoms with Gasteiger partial charge in [-0.3, -0.25) is 0 Å². The molecule has 0 atom stereocenters. The zero-order valence-electron chi connectivity index (χ0n) is 6.18. The van der Waals surface area contributed by atoms with Crippen molar-refractivity contribution in [2.24, 2.45) is 0 Å². The van der Waals surface area contributed by atoms with Crippen LogP contribution in [0.4, 0.5) is 0 Å². The van der Waals surface area contributed by atoms with E-state index in [2.05, 4.69) is 35.7 Å². The second-order valence-electron chi connectivity index (χ2n) is 2.25. The minimum atomic E-state index is 0.994. The van der Waals surface area contributed by atoms with Crippen molar-refractivity contribution in [1.82, 2.24) is 0 Å². The third-order valence-electron chi connectivity index (χ3n) is 1.45. The van der Waals surface area contributed by atoms with E-state index in [9.17, 15) is 0 Å². The molecule has 0 spiro atoms. The normalized spacial score (nSPS) is 9.18. The van der Waals surface area contributed by atoms with Crippen molar-refractivity contribution in [3.05, 3.63) is 52.6 Å². The van der Waals surface area contributed by atoms with Gasteiger partial charge in [0.2, 0.25) is 0 Å². The molecule has 0 fully saturated rings. The molecule has 0 aliphatic carbocycles. The van der Waals surface area contributed by atoms with Crippen LogP contribution in [0.3, 0.4) is 0 Å². The van der Waals surface area contributed by atoms with Crippen LogP contribution >= 0.6 is 22.6 Å². The molecule has 0 bridgehead atoms. The molecule has 0 amide bonds. The smallest absolute Gasteiger partial charge is 0.0130 e. The molecule has 1 heteroatoms. The minimum Gasteiger partial charge on any atom is -0.0901 e. The van der Waals surface area contributed by atoms with Crippen LogP contribution in [0, 0.1) is 0 Å². The average molecular weight is 256 g/mol. The quantitative estimate of drug-likeness (QED) is 0.559. The van der Waals surface area contributed by atoms with Gasteiger partial charge in [0.05, 0.1) is 0 Å². The molecule has 0 heterocycles. The highest BCUT2D eigenvalue weighted by Crippen LogP contribution is 2.23. The Morgan fingerprint density at radius 2 is 1.64 bits per heavy atom. The average Bonchev–Trinajstić information content (AvgIpc) is 2.05. The first-order valence-corrected chi connectivity index (χ1v) is 4.39. The number of hydrogen-bond donors (Lipinski definition) is 0. The standard InChI is InChI=1S/C10H9I/c1-8(9(2)11)10-6-4-3-5-7-10/h3-7H,1-2H2. The predicted molar refractivity (Wildman–Crippen MR) is 58.6 cm³/mol. The van der Waals surface area contributed by atoms with Crippen molar-refractivity contribution in [2.45, 2.75) is 0 Å². The summed E-state index contributed by atoms with van der Waals surface area (Å²) in [5.41, 5.74) is 2.15. The van der Waals surface area contributed by atoms with E-state index >= 15 is 0 Å². The Morgan fingerprint density at radius 3 is 2.09 bits per heavy atom. The van der Waals surface area contributed by atoms with Crippen LogP contribution in [0.25, 0.3) is 5.57 Å². The first kappa shape index (κ1) is 8.53. The summed E-state index contributed by atoms with van der Waals surface area (Å²) in [6.45, 7) is 7.74. The highest BCUT2D eigenvalue weighted by atomic mass is 127. The van der Waals surface area contributed by atoms with Crippen LogP contribution in [0.1, 0.15) is 5.56 Å². The molecule has 11 heavy (non-hydrogen) atoms. The fraction of sp³-hybridized carbons (Fsp3) is 0. The van der Waals surface area contributed by atoms with Crippen molar-refractivity contribution >= 4 is 28.2 Å². The van der Waals surface area contributed by atoms with Crippen molar-refractivity contribution in [3.63, 3.8) is 0 Å². The molecular weight excluding hydrogens is 247 g/mol. The summed E-state index contributed by atoms with van der Waals surface area (Å²) in [6.07, 6.45) is 0. The summed E-state index contributed by atoms with van der Waals surface area (Å²) in [6, 6.07) is 10.1. The molecule has 0 aromatic heterocycles. The van der Waals surface area contributed by atoms with Gasteiger partial charge in [-0.15, -0.1) is 0 Å². The Morgan fingerprint density at radius 1 is 1.09 bits per heavy atom. The number of allylic oxidation sites excluding steroid dienone is 2. The van der Waals surface area contributed by atoms with Gasteiger partial charge in [-0.05, 0) is 33.7 Å². The minimum absolute atomic E-state index is 0.994. The van der Waals surface area contributed by atoms with Gasteiger partial charge >= 0.3 is 0 Å². The maximum Gasteiger partial charge on any atom is 0.0130 e. The summed E-state index contributed by atoms with van der Waals surface area (Å²) in [5, 5.41) is 0. The number of rotatable bonds is 2. The molecule has 0 nitrogen and oxygen atoms in total. The zero-order valence-corrected chi connectivity index (χ0v) is 8.34. The van der Waals surface area contributed by atoms with Gasteiger partial charge in [0.15, 0.2) is 0 Å². The molecular formula is C10H9I. The largest absolute Gasteiger partial charge is 0.0901 e. The topological polar surface area (TPSA) is 0 Å². The van der Waals surface area contributed by atoms with E-state index in [4.69, 9.17) is 0 Å². The maximum absolute atomic E-state index is 3.92. The SMILES string of the molecule is C=C(I)C(=C)c1ccccc1. The molecule has 0 unspecified atom stereocenters. The summed E-state index contributed by atoms with van der Waals surface area (Å²) in [4.78, 5) is 0. The van der Waals surface area contributed by atoms with Crippen molar-refractivity contribution in [2.75, 3.05) is 0 Å². The Hall–Kier alpha value is -0.570. The van der Waals surface area contributed by atoms with E-state index in [0.717, 1.165) is 14.7 Å². The number of halogens is 1. The molecule has 0 N–H and O–H groups in total. The first-order chi connectivity index (χ1) is 5.22. The lowest BCUT2D eigenvalue weighted by atomic mass is 10.1. The lowest BCUT2D eigenvalue weighted by molar-refractivity contribution is 1.63. The Kier molecular flexibility index (Phi) is 2.88. The van der Waals surface area contributed by atoms with Crippen molar-refractivity contribution in [3.8, 4) is 0 Å². The lowest BCUT2D eigenvalue weighted by Crippen LogP contribution is -1.78. The van der Waals surface area contributed by atoms with Gasteiger partial charge in [0.25, 0.3) is 0 Å². The number of hydrogen-bond acceptors (Lipinski definition) is 0. The molecule has 1 aromatic carbocycles. The summed E-state index contributed by atoms with van der Waals surface area (Å²) < 4.78 is 0.994. The van der Waals surface area contributed by atoms with E-state index in [-0.39, 0.29) is 0 Å². The molecule has 1 aromatic rings. The van der Waals surface area contributed by atoms with Gasteiger partial charge in [-0.2, -0.15) is 0 Å². The number of benzene rings is 1. The Labute approximate surface area is 80.8 Å². The summed E-state index contributed by atoms with van der Waals surface area (Å²) >= 11 is 2.18. The van der Waals surface area contributed by atoms with Gasteiger partial charge in [-0.1, -0.05) is 43.5 Å². The second kappa shape index (κ2) is 3.72. The van der Waals surface area contributed by atoms with E-state index in [1.54, 1.807) is 0 Å². The van der Waals surface area contributed by atoms with Crippen molar-refractivity contribution < 1.29 is 0 Å². The highest BCUT2D eigenvalue weighted by Gasteiger charge is 1.97. The molecule has 0 saturated heterocycles. The van der Waals surface area contributed by atoms with Crippen LogP contribution in [-0.2, 0) is 0 Å². The predicted octanol–water partition coefficient (Wildman–Crippen LogP) is 3.65. The third-order valence-corrected chi connectivity index (χ3v) is 2.10. The molecule has 56 valence electrons. The van der Waals surface area contributed by atoms with Gasteiger partial charge in [-0.25, -0.2) is 0 Å². The Balaban J connectivity index is 2.95. The van der Waals surface area contributed by atoms with E-state index < -0.39 is 0 Å². The van der Waals surface area contributed by atoms with Crippen molar-refractivity contribution in [1.29, 1.82) is 0 Å². The van der Waals surface area contributed by atoms with Gasteiger partial charge in [0.1, 0.15) is 0 Å². The van der Waals surface area contributed by atoms with Crippen LogP contribution in [0.5, 0.6) is 0 Å². The fourth-order valence-corrected chi connectivity index (χ4v) is 1.11. The van der Waals surface area contributed by atoms with E-state index in [1.807, 2.05) is 30.3 Å². The lowest BCUT2D eigenvalue weighted by Gasteiger charge is -2.01. The zero-order chi connectivity index (χ0) is 8.27.